The maximum atomic E-state index is 12.3. The summed E-state index contributed by atoms with van der Waals surface area (Å²) in [6.07, 6.45) is 8.72. The van der Waals surface area contributed by atoms with Gasteiger partial charge < -0.3 is 18.9 Å². The van der Waals surface area contributed by atoms with Crippen LogP contribution >= 0.6 is 0 Å². The van der Waals surface area contributed by atoms with Gasteiger partial charge in [-0.25, -0.2) is 4.79 Å². The molecule has 32 heavy (non-hydrogen) atoms. The third-order valence-electron chi connectivity index (χ3n) is 5.20. The zero-order valence-electron chi connectivity index (χ0n) is 19.8. The van der Waals surface area contributed by atoms with Gasteiger partial charge in [-0.15, -0.1) is 0 Å². The third-order valence-corrected chi connectivity index (χ3v) is 5.20. The van der Waals surface area contributed by atoms with Gasteiger partial charge in [0.2, 0.25) is 0 Å². The maximum absolute atomic E-state index is 12.3. The highest BCUT2D eigenvalue weighted by Gasteiger charge is 2.35. The molecule has 0 aromatic carbocycles. The fraction of sp³-hybridized carbons (Fsp3) is 0.750. The molecule has 8 heteroatoms. The van der Waals surface area contributed by atoms with Gasteiger partial charge in [0.15, 0.2) is 12.2 Å². The van der Waals surface area contributed by atoms with Crippen molar-refractivity contribution in [1.82, 2.24) is 0 Å². The van der Waals surface area contributed by atoms with Crippen LogP contribution in [0, 0.1) is 0 Å². The minimum absolute atomic E-state index is 0.240. The molecule has 0 saturated carbocycles. The van der Waals surface area contributed by atoms with Crippen LogP contribution in [0.2, 0.25) is 0 Å². The fourth-order valence-corrected chi connectivity index (χ4v) is 3.76. The number of rotatable bonds is 3. The lowest BCUT2D eigenvalue weighted by molar-refractivity contribution is -0.179. The second-order valence-corrected chi connectivity index (χ2v) is 8.31. The topological polar surface area (TPSA) is 105 Å². The van der Waals surface area contributed by atoms with E-state index in [0.717, 1.165) is 63.9 Å². The third kappa shape index (κ3) is 12.5. The van der Waals surface area contributed by atoms with Crippen molar-refractivity contribution >= 4 is 23.9 Å². The first kappa shape index (κ1) is 27.7. The number of cyclic esters (lactones) is 1. The summed E-state index contributed by atoms with van der Waals surface area (Å²) >= 11 is 0. The van der Waals surface area contributed by atoms with Crippen molar-refractivity contribution in [3.8, 4) is 0 Å². The molecule has 0 radical (unpaired) electrons. The number of hydrogen-bond acceptors (Lipinski definition) is 8. The minimum Gasteiger partial charge on any atom is -0.460 e. The van der Waals surface area contributed by atoms with E-state index in [1.165, 1.54) is 26.8 Å². The quantitative estimate of drug-likeness (QED) is 0.462. The van der Waals surface area contributed by atoms with E-state index in [1.54, 1.807) is 0 Å². The molecule has 1 aliphatic heterocycles. The van der Waals surface area contributed by atoms with Crippen LogP contribution in [0.25, 0.3) is 0 Å². The van der Waals surface area contributed by atoms with Crippen molar-refractivity contribution in [3.05, 3.63) is 12.2 Å². The molecule has 0 saturated heterocycles. The molecule has 0 aromatic heterocycles. The Kier molecular flexibility index (Phi) is 13.3. The molecule has 0 N–H and O–H groups in total. The SMILES string of the molecule is CC(=O)O[C@H]1[C@@H](OC(C)=O)/C=C/C(=O)O[C@H](C)CCCCCCCCCC[C@@H]1OC(C)=O. The summed E-state index contributed by atoms with van der Waals surface area (Å²) in [5.41, 5.74) is 0. The Hall–Kier alpha value is -2.38. The zero-order chi connectivity index (χ0) is 23.9. The Balaban J connectivity index is 3.16. The van der Waals surface area contributed by atoms with Crippen LogP contribution in [-0.2, 0) is 38.1 Å². The number of carbonyl (C=O) groups is 4. The summed E-state index contributed by atoms with van der Waals surface area (Å²) in [5.74, 6) is -2.35. The van der Waals surface area contributed by atoms with E-state index in [4.69, 9.17) is 18.9 Å². The first-order valence-electron chi connectivity index (χ1n) is 11.6. The molecule has 182 valence electrons. The number of esters is 4. The standard InChI is InChI=1S/C24H38O8/c1-17-13-11-9-7-5-6-8-10-12-14-21(30-18(2)25)24(32-20(4)27)22(31-19(3)26)15-16-23(28)29-17/h15-17,21-22,24H,5-14H2,1-4H3/b16-15+/t17-,21+,22+,24-/m1/s1. The van der Waals surface area contributed by atoms with Crippen molar-refractivity contribution < 1.29 is 38.1 Å². The molecule has 4 atom stereocenters. The number of hydrogen-bond donors (Lipinski definition) is 0. The molecule has 0 aliphatic carbocycles. The van der Waals surface area contributed by atoms with Crippen LogP contribution in [0.3, 0.4) is 0 Å². The first-order chi connectivity index (χ1) is 15.2. The molecule has 0 spiro atoms. The molecule has 8 nitrogen and oxygen atoms in total. The summed E-state index contributed by atoms with van der Waals surface area (Å²) in [7, 11) is 0. The van der Waals surface area contributed by atoms with Gasteiger partial charge in [-0.2, -0.15) is 0 Å². The molecule has 0 bridgehead atoms. The van der Waals surface area contributed by atoms with Gasteiger partial charge in [-0.3, -0.25) is 14.4 Å². The Morgan fingerprint density at radius 2 is 1.28 bits per heavy atom. The Morgan fingerprint density at radius 3 is 1.81 bits per heavy atom. The molecule has 0 amide bonds. The van der Waals surface area contributed by atoms with Crippen molar-refractivity contribution in [1.29, 1.82) is 0 Å². The van der Waals surface area contributed by atoms with Gasteiger partial charge in [-0.1, -0.05) is 38.5 Å². The fourth-order valence-electron chi connectivity index (χ4n) is 3.76. The zero-order valence-corrected chi connectivity index (χ0v) is 19.8. The predicted molar refractivity (Wildman–Crippen MR) is 118 cm³/mol. The molecule has 1 heterocycles. The van der Waals surface area contributed by atoms with Gasteiger partial charge in [0.05, 0.1) is 6.10 Å². The molecule has 0 unspecified atom stereocenters. The second-order valence-electron chi connectivity index (χ2n) is 8.31. The number of ether oxygens (including phenoxy) is 4. The van der Waals surface area contributed by atoms with Gasteiger partial charge in [0, 0.05) is 26.8 Å². The molecular formula is C24H38O8. The smallest absolute Gasteiger partial charge is 0.330 e. The van der Waals surface area contributed by atoms with Gasteiger partial charge in [0.25, 0.3) is 0 Å². The lowest BCUT2D eigenvalue weighted by Crippen LogP contribution is -2.44. The summed E-state index contributed by atoms with van der Waals surface area (Å²) in [4.78, 5) is 47.5. The second kappa shape index (κ2) is 15.4. The van der Waals surface area contributed by atoms with Crippen molar-refractivity contribution in [2.24, 2.45) is 0 Å². The summed E-state index contributed by atoms with van der Waals surface area (Å²) in [6, 6.07) is 0. The summed E-state index contributed by atoms with van der Waals surface area (Å²) in [6.45, 7) is 5.55. The predicted octanol–water partition coefficient (Wildman–Crippen LogP) is 4.18. The van der Waals surface area contributed by atoms with Crippen LogP contribution in [0.15, 0.2) is 12.2 Å². The van der Waals surface area contributed by atoms with Gasteiger partial charge in [-0.05, 0) is 38.7 Å². The average molecular weight is 455 g/mol. The van der Waals surface area contributed by atoms with Gasteiger partial charge >= 0.3 is 23.9 Å². The Bertz CT molecular complexity index is 642. The largest absolute Gasteiger partial charge is 0.460 e. The lowest BCUT2D eigenvalue weighted by Gasteiger charge is -2.30. The van der Waals surface area contributed by atoms with E-state index in [2.05, 4.69) is 0 Å². The van der Waals surface area contributed by atoms with E-state index in [1.807, 2.05) is 6.92 Å². The highest BCUT2D eigenvalue weighted by Crippen LogP contribution is 2.21. The maximum Gasteiger partial charge on any atom is 0.330 e. The summed E-state index contributed by atoms with van der Waals surface area (Å²) < 4.78 is 21.6. The van der Waals surface area contributed by atoms with E-state index >= 15 is 0 Å². The lowest BCUT2D eigenvalue weighted by atomic mass is 9.99. The monoisotopic (exact) mass is 454 g/mol. The molecule has 0 fully saturated rings. The van der Waals surface area contributed by atoms with Crippen molar-refractivity contribution in [2.75, 3.05) is 0 Å². The molecule has 0 aromatic rings. The van der Waals surface area contributed by atoms with E-state index in [-0.39, 0.29) is 6.10 Å². The van der Waals surface area contributed by atoms with Crippen molar-refractivity contribution in [3.63, 3.8) is 0 Å². The Labute approximate surface area is 191 Å². The van der Waals surface area contributed by atoms with Crippen molar-refractivity contribution in [2.45, 2.75) is 116 Å². The summed E-state index contributed by atoms with van der Waals surface area (Å²) in [5, 5.41) is 0. The highest BCUT2D eigenvalue weighted by atomic mass is 16.6. The highest BCUT2D eigenvalue weighted by molar-refractivity contribution is 5.82. The van der Waals surface area contributed by atoms with E-state index in [0.29, 0.717) is 6.42 Å². The van der Waals surface area contributed by atoms with Crippen LogP contribution in [0.4, 0.5) is 0 Å². The number of carbonyl (C=O) groups excluding carboxylic acids is 4. The minimum atomic E-state index is -1.11. The van der Waals surface area contributed by atoms with Gasteiger partial charge in [0.1, 0.15) is 6.10 Å². The molecule has 1 rings (SSSR count). The molecular weight excluding hydrogens is 416 g/mol. The van der Waals surface area contributed by atoms with Crippen LogP contribution in [0.5, 0.6) is 0 Å². The van der Waals surface area contributed by atoms with E-state index in [9.17, 15) is 19.2 Å². The van der Waals surface area contributed by atoms with Crippen LogP contribution in [-0.4, -0.2) is 48.3 Å². The molecule has 1 aliphatic rings. The van der Waals surface area contributed by atoms with Crippen LogP contribution in [0.1, 0.15) is 91.9 Å². The normalized spacial score (nSPS) is 27.7. The average Bonchev–Trinajstić information content (AvgIpc) is 2.68. The van der Waals surface area contributed by atoms with E-state index < -0.39 is 42.2 Å². The first-order valence-corrected chi connectivity index (χ1v) is 11.6. The van der Waals surface area contributed by atoms with Crippen LogP contribution < -0.4 is 0 Å². The Morgan fingerprint density at radius 1 is 0.781 bits per heavy atom.